The Morgan fingerprint density at radius 1 is 1.14 bits per heavy atom. The molecule has 5 heteroatoms. The number of amides is 1. The van der Waals surface area contributed by atoms with Gasteiger partial charge in [-0.25, -0.2) is 9.59 Å². The van der Waals surface area contributed by atoms with Gasteiger partial charge in [-0.1, -0.05) is 44.8 Å². The second-order valence-corrected chi connectivity index (χ2v) is 6.11. The van der Waals surface area contributed by atoms with E-state index in [2.05, 4.69) is 6.58 Å². The van der Waals surface area contributed by atoms with Crippen molar-refractivity contribution in [2.24, 2.45) is 11.8 Å². The summed E-state index contributed by atoms with van der Waals surface area (Å²) in [5.74, 6) is 0.105. The molecule has 2 rings (SSSR count). The predicted molar refractivity (Wildman–Crippen MR) is 79.0 cm³/mol. The van der Waals surface area contributed by atoms with Crippen LogP contribution in [0.4, 0.5) is 4.79 Å². The number of hydrogen-bond donors (Lipinski definition) is 1. The Balaban J connectivity index is 2.02. The second kappa shape index (κ2) is 7.48. The third-order valence-electron chi connectivity index (χ3n) is 4.78. The van der Waals surface area contributed by atoms with Crippen LogP contribution in [0.25, 0.3) is 0 Å². The first-order valence-corrected chi connectivity index (χ1v) is 7.90. The zero-order valence-corrected chi connectivity index (χ0v) is 12.5. The molecule has 1 saturated carbocycles. The van der Waals surface area contributed by atoms with Gasteiger partial charge in [0.15, 0.2) is 0 Å². The van der Waals surface area contributed by atoms with E-state index in [0.29, 0.717) is 24.8 Å². The van der Waals surface area contributed by atoms with Gasteiger partial charge in [0.05, 0.1) is 0 Å². The number of carbonyl (C=O) groups is 2. The van der Waals surface area contributed by atoms with Crippen LogP contribution in [-0.4, -0.2) is 41.3 Å². The number of hydrogen-bond acceptors (Lipinski definition) is 3. The Kier molecular flexibility index (Phi) is 5.65. The molecule has 1 aliphatic heterocycles. The minimum atomic E-state index is -0.937. The maximum atomic E-state index is 12.1. The van der Waals surface area contributed by atoms with Crippen LogP contribution >= 0.6 is 0 Å². The molecule has 5 nitrogen and oxygen atoms in total. The molecule has 2 atom stereocenters. The molecule has 118 valence electrons. The SMILES string of the molecule is C=CCOC(=O)N1C[C@@H](C2CCCCC2)CC[C@H]1C(=O)O. The van der Waals surface area contributed by atoms with Crippen LogP contribution in [0.3, 0.4) is 0 Å². The van der Waals surface area contributed by atoms with Gasteiger partial charge in [-0.2, -0.15) is 0 Å². The standard InChI is InChI=1S/C16H25NO4/c1-2-10-21-16(20)17-11-13(8-9-14(17)15(18)19)12-6-4-3-5-7-12/h2,12-14H,1,3-11H2,(H,18,19)/t13-,14-/m0/s1. The van der Waals surface area contributed by atoms with Gasteiger partial charge in [-0.15, -0.1) is 0 Å². The van der Waals surface area contributed by atoms with E-state index in [-0.39, 0.29) is 6.61 Å². The Morgan fingerprint density at radius 3 is 2.48 bits per heavy atom. The number of carbonyl (C=O) groups excluding carboxylic acids is 1. The second-order valence-electron chi connectivity index (χ2n) is 6.11. The highest BCUT2D eigenvalue weighted by Crippen LogP contribution is 2.36. The minimum absolute atomic E-state index is 0.121. The summed E-state index contributed by atoms with van der Waals surface area (Å²) in [5.41, 5.74) is 0. The first-order chi connectivity index (χ1) is 10.1. The molecule has 2 fully saturated rings. The highest BCUT2D eigenvalue weighted by Gasteiger charge is 2.39. The van der Waals surface area contributed by atoms with Crippen LogP contribution in [0.5, 0.6) is 0 Å². The zero-order valence-electron chi connectivity index (χ0n) is 12.5. The van der Waals surface area contributed by atoms with Gasteiger partial charge in [-0.3, -0.25) is 4.90 Å². The van der Waals surface area contributed by atoms with E-state index in [4.69, 9.17) is 4.74 Å². The summed E-state index contributed by atoms with van der Waals surface area (Å²) in [6.45, 7) is 4.14. The van der Waals surface area contributed by atoms with E-state index in [9.17, 15) is 14.7 Å². The van der Waals surface area contributed by atoms with E-state index >= 15 is 0 Å². The van der Waals surface area contributed by atoms with Crippen molar-refractivity contribution in [2.75, 3.05) is 13.2 Å². The fraction of sp³-hybridized carbons (Fsp3) is 0.750. The maximum Gasteiger partial charge on any atom is 0.410 e. The van der Waals surface area contributed by atoms with Crippen molar-refractivity contribution in [3.63, 3.8) is 0 Å². The largest absolute Gasteiger partial charge is 0.480 e. The molecule has 0 aromatic carbocycles. The molecule has 1 heterocycles. The van der Waals surface area contributed by atoms with Crippen molar-refractivity contribution in [1.29, 1.82) is 0 Å². The summed E-state index contributed by atoms with van der Waals surface area (Å²) in [4.78, 5) is 24.9. The third kappa shape index (κ3) is 3.99. The summed E-state index contributed by atoms with van der Waals surface area (Å²) in [5, 5.41) is 9.31. The molecular formula is C16H25NO4. The minimum Gasteiger partial charge on any atom is -0.480 e. The lowest BCUT2D eigenvalue weighted by molar-refractivity contribution is -0.144. The Hall–Kier alpha value is -1.52. The fourth-order valence-corrected chi connectivity index (χ4v) is 3.66. The molecule has 0 radical (unpaired) electrons. The summed E-state index contributed by atoms with van der Waals surface area (Å²) in [6, 6.07) is -0.748. The van der Waals surface area contributed by atoms with Crippen LogP contribution in [0.1, 0.15) is 44.9 Å². The Labute approximate surface area is 126 Å². The van der Waals surface area contributed by atoms with Gasteiger partial charge in [0.2, 0.25) is 0 Å². The summed E-state index contributed by atoms with van der Waals surface area (Å²) in [6.07, 6.45) is 8.61. The zero-order chi connectivity index (χ0) is 15.2. The number of aliphatic carboxylic acids is 1. The van der Waals surface area contributed by atoms with Crippen molar-refractivity contribution < 1.29 is 19.4 Å². The van der Waals surface area contributed by atoms with Crippen molar-refractivity contribution >= 4 is 12.1 Å². The van der Waals surface area contributed by atoms with Crippen LogP contribution in [-0.2, 0) is 9.53 Å². The molecule has 21 heavy (non-hydrogen) atoms. The van der Waals surface area contributed by atoms with E-state index in [1.807, 2.05) is 0 Å². The first-order valence-electron chi connectivity index (χ1n) is 7.90. The Bertz CT molecular complexity index is 390. The lowest BCUT2D eigenvalue weighted by Crippen LogP contribution is -2.52. The fourth-order valence-electron chi connectivity index (χ4n) is 3.66. The highest BCUT2D eigenvalue weighted by molar-refractivity contribution is 5.80. The molecule has 0 unspecified atom stereocenters. The molecule has 0 aromatic heterocycles. The van der Waals surface area contributed by atoms with Crippen molar-refractivity contribution in [1.82, 2.24) is 4.90 Å². The first kappa shape index (κ1) is 15.9. The number of nitrogens with zero attached hydrogens (tertiary/aromatic N) is 1. The van der Waals surface area contributed by atoms with Crippen molar-refractivity contribution in [2.45, 2.75) is 51.0 Å². The van der Waals surface area contributed by atoms with Gasteiger partial charge in [0.25, 0.3) is 0 Å². The average Bonchev–Trinajstić information content (AvgIpc) is 2.52. The van der Waals surface area contributed by atoms with Crippen LogP contribution in [0.15, 0.2) is 12.7 Å². The lowest BCUT2D eigenvalue weighted by Gasteiger charge is -2.40. The average molecular weight is 295 g/mol. The molecule has 0 bridgehead atoms. The molecule has 2 aliphatic rings. The number of rotatable bonds is 4. The van der Waals surface area contributed by atoms with E-state index in [1.54, 1.807) is 0 Å². The van der Waals surface area contributed by atoms with E-state index < -0.39 is 18.1 Å². The smallest absolute Gasteiger partial charge is 0.410 e. The van der Waals surface area contributed by atoms with Gasteiger partial charge < -0.3 is 9.84 Å². The number of piperidine rings is 1. The normalized spacial score (nSPS) is 27.1. The molecule has 0 aromatic rings. The van der Waals surface area contributed by atoms with Crippen LogP contribution in [0.2, 0.25) is 0 Å². The Morgan fingerprint density at radius 2 is 1.86 bits per heavy atom. The van der Waals surface area contributed by atoms with Gasteiger partial charge in [-0.05, 0) is 24.7 Å². The highest BCUT2D eigenvalue weighted by atomic mass is 16.6. The molecule has 1 aliphatic carbocycles. The number of ether oxygens (including phenoxy) is 1. The van der Waals surface area contributed by atoms with Gasteiger partial charge in [0, 0.05) is 6.54 Å². The topological polar surface area (TPSA) is 66.8 Å². The number of likely N-dealkylation sites (tertiary alicyclic amines) is 1. The number of carboxylic acid groups (broad SMARTS) is 1. The number of carboxylic acids is 1. The third-order valence-corrected chi connectivity index (χ3v) is 4.78. The van der Waals surface area contributed by atoms with Gasteiger partial charge in [0.1, 0.15) is 12.6 Å². The van der Waals surface area contributed by atoms with Crippen LogP contribution < -0.4 is 0 Å². The predicted octanol–water partition coefficient (Wildman–Crippen LogP) is 3.05. The molecule has 1 N–H and O–H groups in total. The molecule has 1 amide bonds. The molecule has 0 spiro atoms. The quantitative estimate of drug-likeness (QED) is 0.809. The summed E-state index contributed by atoms with van der Waals surface area (Å²) >= 11 is 0. The van der Waals surface area contributed by atoms with Crippen molar-refractivity contribution in [3.05, 3.63) is 12.7 Å². The van der Waals surface area contributed by atoms with Gasteiger partial charge >= 0.3 is 12.1 Å². The molecular weight excluding hydrogens is 270 g/mol. The maximum absolute atomic E-state index is 12.1. The van der Waals surface area contributed by atoms with E-state index in [0.717, 1.165) is 6.42 Å². The molecule has 1 saturated heterocycles. The summed E-state index contributed by atoms with van der Waals surface area (Å²) in [7, 11) is 0. The summed E-state index contributed by atoms with van der Waals surface area (Å²) < 4.78 is 5.05. The van der Waals surface area contributed by atoms with E-state index in [1.165, 1.54) is 43.1 Å². The monoisotopic (exact) mass is 295 g/mol. The van der Waals surface area contributed by atoms with Crippen molar-refractivity contribution in [3.8, 4) is 0 Å². The lowest BCUT2D eigenvalue weighted by atomic mass is 9.75. The van der Waals surface area contributed by atoms with Crippen LogP contribution in [0, 0.1) is 11.8 Å².